The summed E-state index contributed by atoms with van der Waals surface area (Å²) in [4.78, 5) is 23.6. The van der Waals surface area contributed by atoms with Crippen molar-refractivity contribution < 1.29 is 9.59 Å². The molecule has 2 rings (SSSR count). The zero-order valence-corrected chi connectivity index (χ0v) is 12.8. The molecular formula is C14H15BrN4O2. The van der Waals surface area contributed by atoms with Crippen LogP contribution < -0.4 is 16.1 Å². The first kappa shape index (κ1) is 15.2. The molecule has 21 heavy (non-hydrogen) atoms. The van der Waals surface area contributed by atoms with Crippen molar-refractivity contribution in [1.82, 2.24) is 5.32 Å². The molecule has 1 heterocycles. The van der Waals surface area contributed by atoms with Gasteiger partial charge in [0.15, 0.2) is 0 Å². The van der Waals surface area contributed by atoms with Crippen LogP contribution in [0.5, 0.6) is 0 Å². The van der Waals surface area contributed by atoms with Crippen molar-refractivity contribution in [2.75, 3.05) is 11.6 Å². The lowest BCUT2D eigenvalue weighted by Gasteiger charge is -2.20. The highest BCUT2D eigenvalue weighted by atomic mass is 79.9. The summed E-state index contributed by atoms with van der Waals surface area (Å²) in [5, 5.41) is 8.38. The van der Waals surface area contributed by atoms with E-state index in [2.05, 4.69) is 32.9 Å². The Bertz CT molecular complexity index is 600. The molecule has 0 aliphatic carbocycles. The van der Waals surface area contributed by atoms with Gasteiger partial charge in [-0.1, -0.05) is 40.7 Å². The normalized spacial score (nSPS) is 17.3. The van der Waals surface area contributed by atoms with Crippen LogP contribution in [0.4, 0.5) is 5.69 Å². The predicted molar refractivity (Wildman–Crippen MR) is 85.0 cm³/mol. The van der Waals surface area contributed by atoms with E-state index < -0.39 is 11.9 Å². The highest BCUT2D eigenvalue weighted by Gasteiger charge is 2.34. The van der Waals surface area contributed by atoms with E-state index in [1.807, 2.05) is 18.2 Å². The van der Waals surface area contributed by atoms with E-state index >= 15 is 0 Å². The minimum absolute atomic E-state index is 0.185. The van der Waals surface area contributed by atoms with Gasteiger partial charge >= 0.3 is 0 Å². The van der Waals surface area contributed by atoms with Crippen molar-refractivity contribution in [2.24, 2.45) is 10.8 Å². The van der Waals surface area contributed by atoms with Crippen LogP contribution >= 0.6 is 15.9 Å². The molecule has 0 radical (unpaired) electrons. The summed E-state index contributed by atoms with van der Waals surface area (Å²) in [7, 11) is 0. The van der Waals surface area contributed by atoms with Gasteiger partial charge in [0.05, 0.1) is 5.69 Å². The van der Waals surface area contributed by atoms with Gasteiger partial charge in [-0.3, -0.25) is 14.6 Å². The molecule has 0 saturated heterocycles. The van der Waals surface area contributed by atoms with Crippen molar-refractivity contribution in [3.8, 4) is 0 Å². The fraction of sp³-hybridized carbons (Fsp3) is 0.214. The van der Waals surface area contributed by atoms with Gasteiger partial charge in [-0.15, -0.1) is 0 Å². The number of anilines is 1. The van der Waals surface area contributed by atoms with E-state index in [1.54, 1.807) is 12.1 Å². The van der Waals surface area contributed by atoms with Crippen LogP contribution in [0.1, 0.15) is 6.42 Å². The molecular weight excluding hydrogens is 336 g/mol. The number of amides is 2. The number of benzene rings is 1. The number of nitrogens with two attached hydrogens (primary N) is 1. The Balaban J connectivity index is 2.19. The highest BCUT2D eigenvalue weighted by Crippen LogP contribution is 2.24. The zero-order valence-electron chi connectivity index (χ0n) is 11.3. The summed E-state index contributed by atoms with van der Waals surface area (Å²) in [6, 6.07) is 8.48. The molecule has 1 unspecified atom stereocenters. The van der Waals surface area contributed by atoms with Crippen LogP contribution in [0.15, 0.2) is 46.5 Å². The van der Waals surface area contributed by atoms with Crippen molar-refractivity contribution in [2.45, 2.75) is 12.5 Å². The molecule has 110 valence electrons. The molecule has 0 fully saturated rings. The first-order chi connectivity index (χ1) is 9.99. The average molecular weight is 351 g/mol. The zero-order chi connectivity index (χ0) is 15.4. The van der Waals surface area contributed by atoms with Crippen molar-refractivity contribution in [1.29, 1.82) is 0 Å². The lowest BCUT2D eigenvalue weighted by atomic mass is 10.1. The van der Waals surface area contributed by atoms with Crippen LogP contribution in [-0.2, 0) is 9.59 Å². The third-order valence-corrected chi connectivity index (χ3v) is 3.24. The fourth-order valence-electron chi connectivity index (χ4n) is 1.97. The molecule has 3 N–H and O–H groups in total. The van der Waals surface area contributed by atoms with E-state index in [0.717, 1.165) is 0 Å². The van der Waals surface area contributed by atoms with E-state index in [-0.39, 0.29) is 18.0 Å². The molecule has 7 heteroatoms. The quantitative estimate of drug-likeness (QED) is 0.834. The Morgan fingerprint density at radius 1 is 1.43 bits per heavy atom. The molecule has 1 aromatic rings. The number of hydrogen-bond donors (Lipinski definition) is 2. The van der Waals surface area contributed by atoms with Crippen molar-refractivity contribution >= 4 is 39.1 Å². The predicted octanol–water partition coefficient (Wildman–Crippen LogP) is 1.13. The average Bonchev–Trinajstić information content (AvgIpc) is 2.91. The summed E-state index contributed by atoms with van der Waals surface area (Å²) < 4.78 is 0.654. The minimum Gasteiger partial charge on any atom is -0.368 e. The van der Waals surface area contributed by atoms with Crippen LogP contribution in [0.3, 0.4) is 0 Å². The second-order valence-electron chi connectivity index (χ2n) is 4.55. The highest BCUT2D eigenvalue weighted by molar-refractivity contribution is 9.11. The van der Waals surface area contributed by atoms with Gasteiger partial charge in [0.2, 0.25) is 5.91 Å². The standard InChI is InChI=1S/C14H15BrN4O2/c1-9(15)8-17-14(21)11-7-12(13(16)20)19(18-11)10-5-3-2-4-6-10/h2-6,12H,1,7-8H2,(H2,16,20)(H,17,21). The largest absolute Gasteiger partial charge is 0.368 e. The number of primary amides is 1. The number of hydrogen-bond acceptors (Lipinski definition) is 4. The minimum atomic E-state index is -0.652. The van der Waals surface area contributed by atoms with Gasteiger partial charge in [0.25, 0.3) is 5.91 Å². The number of para-hydroxylation sites is 1. The number of nitrogens with zero attached hydrogens (tertiary/aromatic N) is 2. The summed E-state index contributed by atoms with van der Waals surface area (Å²) in [6.07, 6.45) is 0.185. The summed E-state index contributed by atoms with van der Waals surface area (Å²) in [5.74, 6) is -0.851. The van der Waals surface area contributed by atoms with Crippen LogP contribution in [0, 0.1) is 0 Å². The Labute approximate surface area is 130 Å². The van der Waals surface area contributed by atoms with E-state index in [1.165, 1.54) is 5.01 Å². The fourth-order valence-corrected chi connectivity index (χ4v) is 2.11. The molecule has 1 aliphatic rings. The molecule has 2 amide bonds. The number of rotatable bonds is 5. The molecule has 0 saturated carbocycles. The Hall–Kier alpha value is -2.15. The molecule has 1 aliphatic heterocycles. The second kappa shape index (κ2) is 6.53. The molecule has 0 spiro atoms. The molecule has 0 bridgehead atoms. The Morgan fingerprint density at radius 2 is 2.10 bits per heavy atom. The van der Waals surface area contributed by atoms with Crippen LogP contribution in [-0.4, -0.2) is 30.1 Å². The monoisotopic (exact) mass is 350 g/mol. The summed E-state index contributed by atoms with van der Waals surface area (Å²) in [5.41, 5.74) is 6.39. The SMILES string of the molecule is C=C(Br)CNC(=O)C1=NN(c2ccccc2)C(C(N)=O)C1. The summed E-state index contributed by atoms with van der Waals surface area (Å²) in [6.45, 7) is 3.93. The van der Waals surface area contributed by atoms with Crippen molar-refractivity contribution in [3.05, 3.63) is 41.4 Å². The maximum Gasteiger partial charge on any atom is 0.267 e. The lowest BCUT2D eigenvalue weighted by molar-refractivity contribution is -0.119. The number of nitrogens with one attached hydrogen (secondary N) is 1. The van der Waals surface area contributed by atoms with E-state index in [0.29, 0.717) is 16.7 Å². The Morgan fingerprint density at radius 3 is 2.67 bits per heavy atom. The molecule has 1 atom stereocenters. The topological polar surface area (TPSA) is 87.8 Å². The van der Waals surface area contributed by atoms with Gasteiger partial charge in [-0.25, -0.2) is 0 Å². The summed E-state index contributed by atoms with van der Waals surface area (Å²) >= 11 is 3.16. The number of carbonyl (C=O) groups excluding carboxylic acids is 2. The molecule has 6 nitrogen and oxygen atoms in total. The number of hydrazone groups is 1. The van der Waals surface area contributed by atoms with Gasteiger partial charge in [-0.05, 0) is 12.1 Å². The van der Waals surface area contributed by atoms with Crippen LogP contribution in [0.25, 0.3) is 0 Å². The van der Waals surface area contributed by atoms with Gasteiger partial charge in [-0.2, -0.15) is 5.10 Å². The van der Waals surface area contributed by atoms with Gasteiger partial charge in [0.1, 0.15) is 11.8 Å². The van der Waals surface area contributed by atoms with Crippen molar-refractivity contribution in [3.63, 3.8) is 0 Å². The van der Waals surface area contributed by atoms with E-state index in [9.17, 15) is 9.59 Å². The second-order valence-corrected chi connectivity index (χ2v) is 5.67. The third-order valence-electron chi connectivity index (χ3n) is 2.96. The first-order valence-corrected chi connectivity index (χ1v) is 7.11. The van der Waals surface area contributed by atoms with Gasteiger partial charge in [0, 0.05) is 17.4 Å². The smallest absolute Gasteiger partial charge is 0.267 e. The third kappa shape index (κ3) is 3.69. The van der Waals surface area contributed by atoms with E-state index in [4.69, 9.17) is 5.73 Å². The number of carbonyl (C=O) groups is 2. The molecule has 0 aromatic heterocycles. The Kier molecular flexibility index (Phi) is 4.74. The maximum atomic E-state index is 12.0. The first-order valence-electron chi connectivity index (χ1n) is 6.31. The van der Waals surface area contributed by atoms with Gasteiger partial charge < -0.3 is 11.1 Å². The maximum absolute atomic E-state index is 12.0. The number of halogens is 1. The lowest BCUT2D eigenvalue weighted by Crippen LogP contribution is -2.40. The van der Waals surface area contributed by atoms with Crippen LogP contribution in [0.2, 0.25) is 0 Å². The molecule has 1 aromatic carbocycles.